The normalized spacial score (nSPS) is 10.9. The molecule has 0 aliphatic rings. The number of nitrogens with zero attached hydrogens (tertiary/aromatic N) is 4. The summed E-state index contributed by atoms with van der Waals surface area (Å²) in [5.41, 5.74) is 4.48. The summed E-state index contributed by atoms with van der Waals surface area (Å²) in [5.74, 6) is -0.848. The smallest absolute Gasteiger partial charge is 0.258 e. The third-order valence-corrected chi connectivity index (χ3v) is 5.86. The maximum absolute atomic E-state index is 13.4. The van der Waals surface area contributed by atoms with Crippen molar-refractivity contribution in [2.45, 2.75) is 0 Å². The minimum Gasteiger partial charge on any atom is -0.342 e. The quantitative estimate of drug-likeness (QED) is 0.381. The molecular formula is C24H16FN5O3S. The Morgan fingerprint density at radius 3 is 2.53 bits per heavy atom. The molecule has 0 unspecified atom stereocenters. The Morgan fingerprint density at radius 2 is 1.79 bits per heavy atom. The van der Waals surface area contributed by atoms with E-state index >= 15 is 0 Å². The van der Waals surface area contributed by atoms with Crippen LogP contribution in [0.3, 0.4) is 0 Å². The van der Waals surface area contributed by atoms with Crippen LogP contribution in [0.15, 0.2) is 83.2 Å². The van der Waals surface area contributed by atoms with Crippen molar-refractivity contribution >= 4 is 44.7 Å². The fraction of sp³-hybridized carbons (Fsp3) is 0.0417. The second kappa shape index (κ2) is 9.20. The zero-order chi connectivity index (χ0) is 23.5. The number of carbonyl (C=O) groups is 2. The van der Waals surface area contributed by atoms with Crippen LogP contribution < -0.4 is 10.2 Å². The number of aromatic nitrogens is 3. The summed E-state index contributed by atoms with van der Waals surface area (Å²) >= 11 is 1.48. The lowest BCUT2D eigenvalue weighted by molar-refractivity contribution is -0.114. The van der Waals surface area contributed by atoms with Gasteiger partial charge in [-0.15, -0.1) is 11.3 Å². The van der Waals surface area contributed by atoms with Gasteiger partial charge in [-0.3, -0.25) is 14.5 Å². The van der Waals surface area contributed by atoms with E-state index < -0.39 is 17.6 Å². The van der Waals surface area contributed by atoms with Crippen LogP contribution in [0.4, 0.5) is 15.8 Å². The average Bonchev–Trinajstić information content (AvgIpc) is 3.55. The number of hydrogen-bond donors (Lipinski definition) is 1. The van der Waals surface area contributed by atoms with Gasteiger partial charge in [-0.1, -0.05) is 5.16 Å². The van der Waals surface area contributed by atoms with Crippen molar-refractivity contribution in [3.8, 4) is 11.4 Å². The summed E-state index contributed by atoms with van der Waals surface area (Å²) in [6, 6.07) is 17.5. The lowest BCUT2D eigenvalue weighted by atomic mass is 10.1. The minimum atomic E-state index is -0.450. The molecule has 0 aliphatic carbocycles. The van der Waals surface area contributed by atoms with Crippen molar-refractivity contribution in [1.82, 2.24) is 15.1 Å². The largest absolute Gasteiger partial charge is 0.342 e. The highest BCUT2D eigenvalue weighted by molar-refractivity contribution is 7.16. The first kappa shape index (κ1) is 21.4. The molecule has 2 aromatic heterocycles. The van der Waals surface area contributed by atoms with Crippen molar-refractivity contribution in [2.75, 3.05) is 16.8 Å². The van der Waals surface area contributed by atoms with Crippen molar-refractivity contribution in [1.29, 1.82) is 0 Å². The van der Waals surface area contributed by atoms with Gasteiger partial charge in [0, 0.05) is 22.5 Å². The Hall–Kier alpha value is -4.44. The molecule has 0 fully saturated rings. The third-order valence-electron chi connectivity index (χ3n) is 5.05. The molecule has 0 saturated carbocycles. The van der Waals surface area contributed by atoms with Crippen LogP contribution in [-0.2, 0) is 4.79 Å². The van der Waals surface area contributed by atoms with E-state index in [0.717, 1.165) is 15.8 Å². The van der Waals surface area contributed by atoms with Crippen LogP contribution in [-0.4, -0.2) is 33.5 Å². The number of benzene rings is 3. The molecule has 0 spiro atoms. The number of fused-ring (bicyclic) bond motifs is 1. The van der Waals surface area contributed by atoms with Crippen LogP contribution >= 0.6 is 11.3 Å². The molecule has 1 N–H and O–H groups in total. The molecule has 34 heavy (non-hydrogen) atoms. The fourth-order valence-electron chi connectivity index (χ4n) is 3.39. The van der Waals surface area contributed by atoms with Crippen LogP contribution in [0.25, 0.3) is 21.6 Å². The van der Waals surface area contributed by atoms with Gasteiger partial charge in [-0.25, -0.2) is 9.37 Å². The molecule has 0 atom stereocenters. The van der Waals surface area contributed by atoms with E-state index in [1.165, 1.54) is 46.9 Å². The monoisotopic (exact) mass is 473 g/mol. The predicted octanol–water partition coefficient (Wildman–Crippen LogP) is 4.77. The number of rotatable bonds is 6. The highest BCUT2D eigenvalue weighted by Crippen LogP contribution is 2.26. The van der Waals surface area contributed by atoms with E-state index in [1.54, 1.807) is 41.9 Å². The molecule has 2 heterocycles. The van der Waals surface area contributed by atoms with Crippen molar-refractivity contribution in [2.24, 2.45) is 0 Å². The zero-order valence-electron chi connectivity index (χ0n) is 17.5. The van der Waals surface area contributed by atoms with Crippen LogP contribution in [0.1, 0.15) is 10.4 Å². The van der Waals surface area contributed by atoms with E-state index in [1.807, 2.05) is 6.07 Å². The first-order chi connectivity index (χ1) is 16.6. The Morgan fingerprint density at radius 1 is 1.00 bits per heavy atom. The van der Waals surface area contributed by atoms with Gasteiger partial charge in [-0.05, 0) is 66.7 Å². The summed E-state index contributed by atoms with van der Waals surface area (Å²) in [7, 11) is 0. The Kier molecular flexibility index (Phi) is 5.79. The zero-order valence-corrected chi connectivity index (χ0v) is 18.3. The molecule has 5 rings (SSSR count). The topological polar surface area (TPSA) is 101 Å². The second-order valence-electron chi connectivity index (χ2n) is 7.28. The highest BCUT2D eigenvalue weighted by atomic mass is 32.1. The van der Waals surface area contributed by atoms with E-state index in [9.17, 15) is 14.0 Å². The molecule has 0 radical (unpaired) electrons. The molecular weight excluding hydrogens is 457 g/mol. The SMILES string of the molecule is O=C(CN(C(=O)c1ccc(F)cc1)c1ccc2scnc2c1)Nc1ccc(-c2ncon2)cc1. The van der Waals surface area contributed by atoms with Crippen molar-refractivity contribution in [3.05, 3.63) is 90.0 Å². The van der Waals surface area contributed by atoms with Gasteiger partial charge in [0.2, 0.25) is 18.1 Å². The first-order valence-electron chi connectivity index (χ1n) is 10.1. The molecule has 5 aromatic rings. The summed E-state index contributed by atoms with van der Waals surface area (Å²) in [6.07, 6.45) is 1.24. The molecule has 0 bridgehead atoms. The highest BCUT2D eigenvalue weighted by Gasteiger charge is 2.22. The number of amides is 2. The number of nitrogens with one attached hydrogen (secondary N) is 1. The van der Waals surface area contributed by atoms with E-state index in [2.05, 4.69) is 20.4 Å². The second-order valence-corrected chi connectivity index (χ2v) is 8.17. The van der Waals surface area contributed by atoms with Gasteiger partial charge in [0.25, 0.3) is 5.91 Å². The van der Waals surface area contributed by atoms with Gasteiger partial charge in [0.15, 0.2) is 0 Å². The molecule has 0 aliphatic heterocycles. The van der Waals surface area contributed by atoms with E-state index in [0.29, 0.717) is 17.2 Å². The number of carbonyl (C=O) groups excluding carboxylic acids is 2. The first-order valence-corrected chi connectivity index (χ1v) is 11.0. The van der Waals surface area contributed by atoms with Gasteiger partial charge < -0.3 is 9.84 Å². The number of hydrogen-bond acceptors (Lipinski definition) is 7. The molecule has 10 heteroatoms. The summed E-state index contributed by atoms with van der Waals surface area (Å²) in [5, 5.41) is 6.57. The maximum Gasteiger partial charge on any atom is 0.258 e. The molecule has 8 nitrogen and oxygen atoms in total. The number of thiazole rings is 1. The molecule has 3 aromatic carbocycles. The Balaban J connectivity index is 1.38. The number of halogens is 1. The minimum absolute atomic E-state index is 0.252. The maximum atomic E-state index is 13.4. The Labute approximate surface area is 196 Å². The summed E-state index contributed by atoms with van der Waals surface area (Å²) in [4.78, 5) is 35.8. The van der Waals surface area contributed by atoms with Crippen molar-refractivity contribution < 1.29 is 18.5 Å². The van der Waals surface area contributed by atoms with Gasteiger partial charge in [0.05, 0.1) is 15.7 Å². The average molecular weight is 473 g/mol. The molecule has 2 amide bonds. The predicted molar refractivity (Wildman–Crippen MR) is 126 cm³/mol. The van der Waals surface area contributed by atoms with E-state index in [4.69, 9.17) is 4.52 Å². The van der Waals surface area contributed by atoms with E-state index in [-0.39, 0.29) is 12.1 Å². The Bertz CT molecular complexity index is 1450. The lowest BCUT2D eigenvalue weighted by Crippen LogP contribution is -2.38. The van der Waals surface area contributed by atoms with Crippen LogP contribution in [0, 0.1) is 5.82 Å². The van der Waals surface area contributed by atoms with Gasteiger partial charge >= 0.3 is 0 Å². The van der Waals surface area contributed by atoms with Gasteiger partial charge in [-0.2, -0.15) is 4.98 Å². The fourth-order valence-corrected chi connectivity index (χ4v) is 4.05. The van der Waals surface area contributed by atoms with Crippen molar-refractivity contribution in [3.63, 3.8) is 0 Å². The van der Waals surface area contributed by atoms with Gasteiger partial charge in [0.1, 0.15) is 12.4 Å². The standard InChI is InChI=1S/C24H16FN5O3S/c25-17-5-1-16(2-6-17)24(32)30(19-9-10-21-20(11-19)27-14-34-21)12-22(31)28-18-7-3-15(4-8-18)23-26-13-33-29-23/h1-11,13-14H,12H2,(H,28,31). The lowest BCUT2D eigenvalue weighted by Gasteiger charge is -2.22. The van der Waals surface area contributed by atoms with Crippen LogP contribution in [0.5, 0.6) is 0 Å². The molecule has 168 valence electrons. The number of anilines is 2. The van der Waals surface area contributed by atoms with Crippen LogP contribution in [0.2, 0.25) is 0 Å². The third kappa shape index (κ3) is 4.52. The summed E-state index contributed by atoms with van der Waals surface area (Å²) in [6.45, 7) is -0.252. The summed E-state index contributed by atoms with van der Waals surface area (Å²) < 4.78 is 19.1. The molecule has 0 saturated heterocycles.